The molecule has 0 unspecified atom stereocenters. The van der Waals surface area contributed by atoms with Crippen LogP contribution in [0.5, 0.6) is 0 Å². The molecule has 0 aliphatic rings. The van der Waals surface area contributed by atoms with Gasteiger partial charge in [-0.3, -0.25) is 10.3 Å². The quantitative estimate of drug-likeness (QED) is 0.524. The van der Waals surface area contributed by atoms with E-state index in [1.165, 1.54) is 0 Å². The van der Waals surface area contributed by atoms with Gasteiger partial charge in [0.1, 0.15) is 5.69 Å². The predicted octanol–water partition coefficient (Wildman–Crippen LogP) is 4.95. The number of para-hydroxylation sites is 1. The summed E-state index contributed by atoms with van der Waals surface area (Å²) in [4.78, 5) is 19.1. The Morgan fingerprint density at radius 1 is 0.889 bits per heavy atom. The van der Waals surface area contributed by atoms with Crippen LogP contribution in [0, 0.1) is 13.8 Å². The zero-order chi connectivity index (χ0) is 18.8. The summed E-state index contributed by atoms with van der Waals surface area (Å²) in [6.45, 7) is 4.08. The molecule has 2 aromatic heterocycles. The molecule has 4 aromatic rings. The lowest BCUT2D eigenvalue weighted by Gasteiger charge is -2.12. The van der Waals surface area contributed by atoms with Crippen LogP contribution in [0.25, 0.3) is 33.7 Å². The molecule has 0 fully saturated rings. The molecule has 27 heavy (non-hydrogen) atoms. The van der Waals surface area contributed by atoms with Gasteiger partial charge in [-0.25, -0.2) is 15.0 Å². The van der Waals surface area contributed by atoms with Gasteiger partial charge >= 0.3 is 0 Å². The minimum absolute atomic E-state index is 0.623. The van der Waals surface area contributed by atoms with E-state index in [1.54, 1.807) is 7.11 Å². The van der Waals surface area contributed by atoms with E-state index < -0.39 is 0 Å². The molecular formula is C22H20N4O. The topological polar surface area (TPSA) is 59.9 Å². The van der Waals surface area contributed by atoms with E-state index in [9.17, 15) is 0 Å². The highest BCUT2D eigenvalue weighted by molar-refractivity contribution is 5.79. The fraction of sp³-hybridized carbons (Fsp3) is 0.136. The second-order valence-corrected chi connectivity index (χ2v) is 6.45. The van der Waals surface area contributed by atoms with Gasteiger partial charge in [-0.05, 0) is 43.2 Å². The minimum Gasteiger partial charge on any atom is -0.279 e. The molecule has 0 saturated heterocycles. The van der Waals surface area contributed by atoms with Gasteiger partial charge in [-0.1, -0.05) is 36.4 Å². The Balaban J connectivity index is 1.80. The first-order chi connectivity index (χ1) is 13.2. The smallest absolute Gasteiger partial charge is 0.178 e. The molecule has 0 aliphatic carbocycles. The van der Waals surface area contributed by atoms with Crippen molar-refractivity contribution in [2.45, 2.75) is 13.8 Å². The standard InChI is InChI=1S/C22H20N4O/c1-14-8-10-16(12-20(14)26-27-3)21-15(2)9-11-19(24-21)22-23-13-17-6-4-5-7-18(17)25-22/h4-13,26H,1-3H3. The molecule has 0 amide bonds. The molecule has 0 spiro atoms. The molecular weight excluding hydrogens is 336 g/mol. The Labute approximate surface area is 158 Å². The van der Waals surface area contributed by atoms with Gasteiger partial charge in [-0.2, -0.15) is 0 Å². The van der Waals surface area contributed by atoms with Gasteiger partial charge in [-0.15, -0.1) is 0 Å². The summed E-state index contributed by atoms with van der Waals surface area (Å²) in [5.41, 5.74) is 9.62. The van der Waals surface area contributed by atoms with Crippen molar-refractivity contribution < 1.29 is 4.84 Å². The van der Waals surface area contributed by atoms with E-state index in [0.29, 0.717) is 5.82 Å². The highest BCUT2D eigenvalue weighted by Crippen LogP contribution is 2.28. The van der Waals surface area contributed by atoms with Gasteiger partial charge in [0, 0.05) is 17.1 Å². The maximum Gasteiger partial charge on any atom is 0.178 e. The molecule has 0 saturated carbocycles. The van der Waals surface area contributed by atoms with Crippen molar-refractivity contribution in [2.75, 3.05) is 12.6 Å². The third-order valence-electron chi connectivity index (χ3n) is 4.54. The van der Waals surface area contributed by atoms with Crippen LogP contribution in [-0.4, -0.2) is 22.1 Å². The first-order valence-electron chi connectivity index (χ1n) is 8.75. The Bertz CT molecular complexity index is 1120. The van der Waals surface area contributed by atoms with Crippen molar-refractivity contribution in [1.29, 1.82) is 0 Å². The van der Waals surface area contributed by atoms with Crippen LogP contribution >= 0.6 is 0 Å². The van der Waals surface area contributed by atoms with E-state index in [4.69, 9.17) is 9.82 Å². The first-order valence-corrected chi connectivity index (χ1v) is 8.75. The van der Waals surface area contributed by atoms with E-state index in [1.807, 2.05) is 49.5 Å². The molecule has 2 aromatic carbocycles. The Hall–Kier alpha value is -3.31. The highest BCUT2D eigenvalue weighted by atomic mass is 16.6. The van der Waals surface area contributed by atoms with Gasteiger partial charge in [0.05, 0.1) is 24.0 Å². The molecule has 2 heterocycles. The largest absolute Gasteiger partial charge is 0.279 e. The average Bonchev–Trinajstić information content (AvgIpc) is 2.70. The van der Waals surface area contributed by atoms with E-state index >= 15 is 0 Å². The number of rotatable bonds is 4. The van der Waals surface area contributed by atoms with Crippen molar-refractivity contribution >= 4 is 16.6 Å². The number of aryl methyl sites for hydroxylation is 2. The summed E-state index contributed by atoms with van der Waals surface area (Å²) in [5.74, 6) is 0.623. The Morgan fingerprint density at radius 3 is 2.56 bits per heavy atom. The van der Waals surface area contributed by atoms with Crippen molar-refractivity contribution in [3.8, 4) is 22.8 Å². The minimum atomic E-state index is 0.623. The molecule has 5 heteroatoms. The number of nitrogens with one attached hydrogen (secondary N) is 1. The summed E-state index contributed by atoms with van der Waals surface area (Å²) in [7, 11) is 1.60. The van der Waals surface area contributed by atoms with Crippen LogP contribution in [0.2, 0.25) is 0 Å². The number of nitrogens with zero attached hydrogens (tertiary/aromatic N) is 3. The normalized spacial score (nSPS) is 10.9. The van der Waals surface area contributed by atoms with Gasteiger partial charge in [0.2, 0.25) is 0 Å². The SMILES string of the molecule is CONc1cc(-c2nc(-c3ncc4ccccc4n3)ccc2C)ccc1C. The van der Waals surface area contributed by atoms with Crippen molar-refractivity contribution in [2.24, 2.45) is 0 Å². The van der Waals surface area contributed by atoms with Crippen molar-refractivity contribution in [3.05, 3.63) is 71.9 Å². The summed E-state index contributed by atoms with van der Waals surface area (Å²) in [6.07, 6.45) is 1.84. The third-order valence-corrected chi connectivity index (χ3v) is 4.54. The van der Waals surface area contributed by atoms with E-state index in [0.717, 1.165) is 44.7 Å². The number of hydrogen-bond donors (Lipinski definition) is 1. The summed E-state index contributed by atoms with van der Waals surface area (Å²) >= 11 is 0. The fourth-order valence-corrected chi connectivity index (χ4v) is 3.03. The Kier molecular flexibility index (Phi) is 4.52. The van der Waals surface area contributed by atoms with Crippen LogP contribution in [0.15, 0.2) is 60.8 Å². The lowest BCUT2D eigenvalue weighted by Crippen LogP contribution is -1.99. The van der Waals surface area contributed by atoms with Crippen LogP contribution in [0.1, 0.15) is 11.1 Å². The Morgan fingerprint density at radius 2 is 1.70 bits per heavy atom. The molecule has 0 aliphatic heterocycles. The van der Waals surface area contributed by atoms with E-state index in [-0.39, 0.29) is 0 Å². The maximum atomic E-state index is 5.07. The average molecular weight is 356 g/mol. The van der Waals surface area contributed by atoms with Gasteiger partial charge < -0.3 is 0 Å². The van der Waals surface area contributed by atoms with Crippen LogP contribution in [0.3, 0.4) is 0 Å². The number of hydrogen-bond acceptors (Lipinski definition) is 5. The third kappa shape index (κ3) is 3.37. The number of pyridine rings is 1. The molecule has 134 valence electrons. The summed E-state index contributed by atoms with van der Waals surface area (Å²) < 4.78 is 0. The zero-order valence-corrected chi connectivity index (χ0v) is 15.5. The molecule has 5 nitrogen and oxygen atoms in total. The molecule has 0 bridgehead atoms. The maximum absolute atomic E-state index is 5.07. The summed E-state index contributed by atoms with van der Waals surface area (Å²) in [6, 6.07) is 18.1. The van der Waals surface area contributed by atoms with Gasteiger partial charge in [0.25, 0.3) is 0 Å². The van der Waals surface area contributed by atoms with Crippen LogP contribution in [0.4, 0.5) is 5.69 Å². The first kappa shape index (κ1) is 17.1. The number of benzene rings is 2. The molecule has 1 N–H and O–H groups in total. The lowest BCUT2D eigenvalue weighted by atomic mass is 10.0. The number of anilines is 1. The lowest BCUT2D eigenvalue weighted by molar-refractivity contribution is 0.271. The second-order valence-electron chi connectivity index (χ2n) is 6.45. The number of aromatic nitrogens is 3. The summed E-state index contributed by atoms with van der Waals surface area (Å²) in [5, 5.41) is 1.02. The molecule has 0 radical (unpaired) electrons. The predicted molar refractivity (Wildman–Crippen MR) is 108 cm³/mol. The van der Waals surface area contributed by atoms with Crippen LogP contribution < -0.4 is 5.48 Å². The monoisotopic (exact) mass is 356 g/mol. The zero-order valence-electron chi connectivity index (χ0n) is 15.5. The van der Waals surface area contributed by atoms with Crippen LogP contribution in [-0.2, 0) is 4.84 Å². The fourth-order valence-electron chi connectivity index (χ4n) is 3.03. The molecule has 0 atom stereocenters. The van der Waals surface area contributed by atoms with E-state index in [2.05, 4.69) is 40.6 Å². The number of fused-ring (bicyclic) bond motifs is 1. The van der Waals surface area contributed by atoms with Gasteiger partial charge in [0.15, 0.2) is 5.82 Å². The second kappa shape index (κ2) is 7.13. The molecule has 4 rings (SSSR count). The van der Waals surface area contributed by atoms with Crippen molar-refractivity contribution in [3.63, 3.8) is 0 Å². The highest BCUT2D eigenvalue weighted by Gasteiger charge is 2.11. The van der Waals surface area contributed by atoms with Crippen molar-refractivity contribution in [1.82, 2.24) is 15.0 Å².